The largest absolute Gasteiger partial charge is 0.481 e. The van der Waals surface area contributed by atoms with Crippen LogP contribution in [0.3, 0.4) is 0 Å². The van der Waals surface area contributed by atoms with Gasteiger partial charge >= 0.3 is 29.9 Å². The molecule has 0 radical (unpaired) electrons. The Kier molecular flexibility index (Phi) is 13.5. The third kappa shape index (κ3) is 13.4. The molecule has 0 saturated carbocycles. The predicted molar refractivity (Wildman–Crippen MR) is 154 cm³/mol. The van der Waals surface area contributed by atoms with Crippen molar-refractivity contribution in [1.29, 1.82) is 0 Å². The highest BCUT2D eigenvalue weighted by atomic mass is 19.4. The SMILES string of the molecule is NC(=NCc1ccccc1)Nc1cccc(C(=O)NCC(=O)NC(CC(=O)O)c2cccnc2)c1.O=C(C(=O)C(F)(F)F)C(F)(F)F. The van der Waals surface area contributed by atoms with Gasteiger partial charge in [-0.05, 0) is 35.4 Å². The van der Waals surface area contributed by atoms with Gasteiger partial charge in [-0.25, -0.2) is 4.99 Å². The number of hydrogen-bond acceptors (Lipinski definition) is 7. The van der Waals surface area contributed by atoms with Gasteiger partial charge in [0.25, 0.3) is 5.91 Å². The summed E-state index contributed by atoms with van der Waals surface area (Å²) in [6.45, 7) is 0.0877. The first-order valence-electron chi connectivity index (χ1n) is 13.1. The number of pyridine rings is 1. The number of carboxylic acid groups (broad SMARTS) is 1. The molecule has 2 aromatic carbocycles. The van der Waals surface area contributed by atoms with Gasteiger partial charge in [0.05, 0.1) is 25.6 Å². The average Bonchev–Trinajstić information content (AvgIpc) is 3.02. The standard InChI is InChI=1S/C25H26N6O4.C4F6O2/c26-25(29-14-17-6-2-1-3-7-17)30-20-10-4-8-18(12-20)24(35)28-16-22(32)31-21(13-23(33)34)19-9-5-11-27-15-19;5-3(6,7)1(11)2(12)4(8,9)10/h1-12,15,21H,13-14,16H2,(H,28,35)(H,31,32)(H,33,34)(H3,26,29,30);. The van der Waals surface area contributed by atoms with E-state index in [4.69, 9.17) is 10.8 Å². The van der Waals surface area contributed by atoms with E-state index in [0.717, 1.165) is 5.56 Å². The number of amides is 2. The molecule has 0 aliphatic heterocycles. The quantitative estimate of drug-likeness (QED) is 0.0882. The Morgan fingerprint density at radius 1 is 0.872 bits per heavy atom. The lowest BCUT2D eigenvalue weighted by atomic mass is 10.1. The summed E-state index contributed by atoms with van der Waals surface area (Å²) in [5.41, 5.74) is 8.39. The Bertz CT molecular complexity index is 1560. The number of ketones is 2. The van der Waals surface area contributed by atoms with Gasteiger partial charge in [-0.1, -0.05) is 42.5 Å². The first-order chi connectivity index (χ1) is 22.0. The summed E-state index contributed by atoms with van der Waals surface area (Å²) in [7, 11) is 0. The van der Waals surface area contributed by atoms with Gasteiger partial charge in [0.15, 0.2) is 5.96 Å². The number of carbonyl (C=O) groups is 5. The van der Waals surface area contributed by atoms with Crippen molar-refractivity contribution in [1.82, 2.24) is 15.6 Å². The molecule has 1 atom stereocenters. The Morgan fingerprint density at radius 3 is 2.06 bits per heavy atom. The number of carbonyl (C=O) groups excluding carboxylic acids is 4. The molecule has 3 aromatic rings. The van der Waals surface area contributed by atoms with Gasteiger partial charge in [0, 0.05) is 23.6 Å². The van der Waals surface area contributed by atoms with Crippen molar-refractivity contribution in [2.45, 2.75) is 31.4 Å². The molecule has 3 rings (SSSR count). The molecule has 250 valence electrons. The van der Waals surface area contributed by atoms with Gasteiger partial charge in [0.1, 0.15) is 0 Å². The maximum atomic E-state index is 12.5. The van der Waals surface area contributed by atoms with Crippen LogP contribution in [0.1, 0.15) is 33.9 Å². The lowest BCUT2D eigenvalue weighted by Gasteiger charge is -2.17. The van der Waals surface area contributed by atoms with Crippen LogP contribution >= 0.6 is 0 Å². The number of halogens is 6. The van der Waals surface area contributed by atoms with E-state index in [1.165, 1.54) is 6.20 Å². The van der Waals surface area contributed by atoms with Gasteiger partial charge in [0.2, 0.25) is 5.91 Å². The van der Waals surface area contributed by atoms with E-state index in [2.05, 4.69) is 25.9 Å². The lowest BCUT2D eigenvalue weighted by molar-refractivity contribution is -0.193. The van der Waals surface area contributed by atoms with E-state index in [1.54, 1.807) is 42.6 Å². The van der Waals surface area contributed by atoms with Crippen LogP contribution in [-0.4, -0.2) is 64.3 Å². The van der Waals surface area contributed by atoms with Crippen LogP contribution in [0.4, 0.5) is 32.0 Å². The Balaban J connectivity index is 0.000000544. The summed E-state index contributed by atoms with van der Waals surface area (Å²) < 4.78 is 67.0. The number of alkyl halides is 6. The van der Waals surface area contributed by atoms with Crippen LogP contribution in [0.2, 0.25) is 0 Å². The Hall–Kier alpha value is -5.81. The summed E-state index contributed by atoms with van der Waals surface area (Å²) in [6.07, 6.45) is -8.82. The van der Waals surface area contributed by atoms with E-state index in [-0.39, 0.29) is 18.9 Å². The van der Waals surface area contributed by atoms with Gasteiger partial charge in [-0.15, -0.1) is 0 Å². The summed E-state index contributed by atoms with van der Waals surface area (Å²) in [6, 6.07) is 18.8. The highest BCUT2D eigenvalue weighted by Gasteiger charge is 2.54. The van der Waals surface area contributed by atoms with Crippen molar-refractivity contribution in [3.05, 3.63) is 95.8 Å². The fourth-order valence-electron chi connectivity index (χ4n) is 3.46. The lowest BCUT2D eigenvalue weighted by Crippen LogP contribution is -2.39. The van der Waals surface area contributed by atoms with Crippen molar-refractivity contribution in [2.24, 2.45) is 10.7 Å². The zero-order valence-corrected chi connectivity index (χ0v) is 23.9. The Labute approximate surface area is 262 Å². The molecule has 1 heterocycles. The average molecular weight is 669 g/mol. The van der Waals surface area contributed by atoms with E-state index < -0.39 is 47.7 Å². The molecule has 47 heavy (non-hydrogen) atoms. The number of nitrogens with one attached hydrogen (secondary N) is 3. The molecular weight excluding hydrogens is 642 g/mol. The fraction of sp³-hybridized carbons (Fsp3) is 0.207. The smallest absolute Gasteiger partial charge is 0.458 e. The second-order valence-electron chi connectivity index (χ2n) is 9.23. The number of hydrogen-bond donors (Lipinski definition) is 5. The minimum Gasteiger partial charge on any atom is -0.481 e. The highest BCUT2D eigenvalue weighted by Crippen LogP contribution is 2.24. The highest BCUT2D eigenvalue weighted by molar-refractivity contribution is 6.41. The van der Waals surface area contributed by atoms with Crippen LogP contribution in [0, 0.1) is 0 Å². The van der Waals surface area contributed by atoms with Crippen molar-refractivity contribution in [2.75, 3.05) is 11.9 Å². The van der Waals surface area contributed by atoms with E-state index in [0.29, 0.717) is 23.4 Å². The number of aromatic nitrogens is 1. The molecule has 18 heteroatoms. The van der Waals surface area contributed by atoms with E-state index in [1.807, 2.05) is 30.3 Å². The van der Waals surface area contributed by atoms with Gasteiger partial charge < -0.3 is 26.8 Å². The zero-order chi connectivity index (χ0) is 35.2. The zero-order valence-electron chi connectivity index (χ0n) is 23.9. The molecule has 2 amide bonds. The second-order valence-corrected chi connectivity index (χ2v) is 9.23. The van der Waals surface area contributed by atoms with E-state index in [9.17, 15) is 50.3 Å². The molecule has 6 N–H and O–H groups in total. The molecule has 12 nitrogen and oxygen atoms in total. The van der Waals surface area contributed by atoms with Gasteiger partial charge in [-0.2, -0.15) is 26.3 Å². The first kappa shape index (κ1) is 37.4. The number of guanidine groups is 1. The van der Waals surface area contributed by atoms with Crippen molar-refractivity contribution in [3.63, 3.8) is 0 Å². The van der Waals surface area contributed by atoms with Crippen LogP contribution < -0.4 is 21.7 Å². The molecule has 0 bridgehead atoms. The third-order valence-corrected chi connectivity index (χ3v) is 5.60. The third-order valence-electron chi connectivity index (χ3n) is 5.60. The van der Waals surface area contributed by atoms with Crippen molar-refractivity contribution in [3.8, 4) is 0 Å². The number of nitrogens with two attached hydrogens (primary N) is 1. The molecule has 0 aliphatic rings. The van der Waals surface area contributed by atoms with Crippen LogP contribution in [0.25, 0.3) is 0 Å². The van der Waals surface area contributed by atoms with Crippen LogP contribution in [0.5, 0.6) is 0 Å². The maximum Gasteiger partial charge on any atom is 0.458 e. The van der Waals surface area contributed by atoms with Crippen LogP contribution in [-0.2, 0) is 25.7 Å². The summed E-state index contributed by atoms with van der Waals surface area (Å²) >= 11 is 0. The molecular formula is C29H26F6N6O6. The fourth-order valence-corrected chi connectivity index (χ4v) is 3.46. The number of aliphatic carboxylic acids is 1. The summed E-state index contributed by atoms with van der Waals surface area (Å²) in [4.78, 5) is 63.5. The van der Waals surface area contributed by atoms with Crippen molar-refractivity contribution >= 4 is 41.0 Å². The monoisotopic (exact) mass is 668 g/mol. The number of carboxylic acids is 1. The van der Waals surface area contributed by atoms with Gasteiger partial charge in [-0.3, -0.25) is 29.0 Å². The second kappa shape index (κ2) is 17.0. The number of anilines is 1. The molecule has 0 saturated heterocycles. The minimum absolute atomic E-state index is 0.200. The first-order valence-corrected chi connectivity index (χ1v) is 13.1. The molecule has 1 aromatic heterocycles. The number of aliphatic imine (C=N–C) groups is 1. The number of nitrogens with zero attached hydrogens (tertiary/aromatic N) is 2. The van der Waals surface area contributed by atoms with Crippen LogP contribution in [0.15, 0.2) is 84.1 Å². The molecule has 1 unspecified atom stereocenters. The maximum absolute atomic E-state index is 12.5. The van der Waals surface area contributed by atoms with Crippen molar-refractivity contribution < 1.29 is 55.4 Å². The summed E-state index contributed by atoms with van der Waals surface area (Å²) in [5.74, 6) is -8.69. The molecule has 0 aliphatic carbocycles. The Morgan fingerprint density at radius 2 is 1.51 bits per heavy atom. The van der Waals surface area contributed by atoms with E-state index >= 15 is 0 Å². The number of Topliss-reactive ketones (excluding diaryl/α,β-unsaturated/α-hetero) is 2. The number of rotatable bonds is 11. The molecule has 0 fully saturated rings. The summed E-state index contributed by atoms with van der Waals surface area (Å²) in [5, 5.41) is 17.2. The molecule has 0 spiro atoms. The normalized spacial score (nSPS) is 12.1. The minimum atomic E-state index is -5.77. The number of benzene rings is 2. The predicted octanol–water partition coefficient (Wildman–Crippen LogP) is 3.32. The topological polar surface area (TPSA) is 193 Å².